The lowest BCUT2D eigenvalue weighted by molar-refractivity contribution is -0.121. The van der Waals surface area contributed by atoms with Crippen LogP contribution in [-0.4, -0.2) is 32.7 Å². The van der Waals surface area contributed by atoms with Gasteiger partial charge in [0.25, 0.3) is 0 Å². The van der Waals surface area contributed by atoms with Crippen molar-refractivity contribution in [3.8, 4) is 5.75 Å². The Hall–Kier alpha value is -1.26. The third-order valence-corrected chi connectivity index (χ3v) is 4.02. The van der Waals surface area contributed by atoms with E-state index in [4.69, 9.17) is 4.74 Å². The quantitative estimate of drug-likeness (QED) is 0.876. The molecular formula is C16H25ClN2O2. The molecule has 0 aliphatic carbocycles. The minimum absolute atomic E-state index is 0. The van der Waals surface area contributed by atoms with Gasteiger partial charge in [-0.05, 0) is 49.0 Å². The monoisotopic (exact) mass is 312 g/mol. The van der Waals surface area contributed by atoms with Crippen LogP contribution < -0.4 is 15.4 Å². The Bertz CT molecular complexity index is 459. The Kier molecular flexibility index (Phi) is 6.99. The van der Waals surface area contributed by atoms with Gasteiger partial charge in [-0.15, -0.1) is 12.4 Å². The number of nitrogens with one attached hydrogen (secondary N) is 2. The van der Waals surface area contributed by atoms with E-state index in [2.05, 4.69) is 17.6 Å². The third kappa shape index (κ3) is 5.56. The van der Waals surface area contributed by atoms with E-state index in [-0.39, 0.29) is 23.7 Å². The molecule has 118 valence electrons. The third-order valence-electron chi connectivity index (χ3n) is 4.02. The first kappa shape index (κ1) is 17.8. The van der Waals surface area contributed by atoms with Crippen LogP contribution in [0.2, 0.25) is 0 Å². The first-order valence-electron chi connectivity index (χ1n) is 7.22. The van der Waals surface area contributed by atoms with Crippen LogP contribution in [0.4, 0.5) is 0 Å². The van der Waals surface area contributed by atoms with Crippen LogP contribution >= 0.6 is 12.4 Å². The highest BCUT2D eigenvalue weighted by molar-refractivity contribution is 5.85. The van der Waals surface area contributed by atoms with Crippen LogP contribution in [0.25, 0.3) is 0 Å². The fourth-order valence-corrected chi connectivity index (χ4v) is 2.55. The van der Waals surface area contributed by atoms with Crippen molar-refractivity contribution < 1.29 is 9.53 Å². The largest absolute Gasteiger partial charge is 0.497 e. The molecule has 1 aromatic rings. The molecule has 5 heteroatoms. The van der Waals surface area contributed by atoms with Crippen molar-refractivity contribution in [2.24, 2.45) is 5.41 Å². The molecular weight excluding hydrogens is 288 g/mol. The number of ether oxygens (including phenoxy) is 1. The molecule has 1 aromatic carbocycles. The Balaban J connectivity index is 0.00000220. The number of carbonyl (C=O) groups excluding carboxylic acids is 1. The van der Waals surface area contributed by atoms with Gasteiger partial charge in [-0.1, -0.05) is 19.1 Å². The number of hydrogen-bond acceptors (Lipinski definition) is 3. The Morgan fingerprint density at radius 1 is 1.38 bits per heavy atom. The smallest absolute Gasteiger partial charge is 0.224 e. The fourth-order valence-electron chi connectivity index (χ4n) is 2.55. The van der Waals surface area contributed by atoms with Gasteiger partial charge in [0, 0.05) is 6.54 Å². The summed E-state index contributed by atoms with van der Waals surface area (Å²) in [6, 6.07) is 7.66. The molecule has 2 rings (SSSR count). The minimum Gasteiger partial charge on any atom is -0.497 e. The van der Waals surface area contributed by atoms with E-state index in [1.54, 1.807) is 7.11 Å². The maximum atomic E-state index is 12.0. The SMILES string of the molecule is COc1cccc(CC(=O)NCC2(C)CCNCC2)c1.Cl. The molecule has 4 nitrogen and oxygen atoms in total. The Morgan fingerprint density at radius 3 is 2.76 bits per heavy atom. The van der Waals surface area contributed by atoms with Crippen LogP contribution in [0.1, 0.15) is 25.3 Å². The Morgan fingerprint density at radius 2 is 2.10 bits per heavy atom. The summed E-state index contributed by atoms with van der Waals surface area (Å²) < 4.78 is 5.17. The molecule has 0 saturated carbocycles. The summed E-state index contributed by atoms with van der Waals surface area (Å²) in [5.74, 6) is 0.874. The first-order valence-corrected chi connectivity index (χ1v) is 7.22. The second-order valence-electron chi connectivity index (χ2n) is 5.87. The maximum Gasteiger partial charge on any atom is 0.224 e. The number of rotatable bonds is 5. The lowest BCUT2D eigenvalue weighted by atomic mass is 9.81. The van der Waals surface area contributed by atoms with Gasteiger partial charge < -0.3 is 15.4 Å². The molecule has 21 heavy (non-hydrogen) atoms. The number of amides is 1. The second-order valence-corrected chi connectivity index (χ2v) is 5.87. The fraction of sp³-hybridized carbons (Fsp3) is 0.562. The molecule has 1 saturated heterocycles. The summed E-state index contributed by atoms with van der Waals surface area (Å²) in [6.07, 6.45) is 2.64. The van der Waals surface area contributed by atoms with Crippen molar-refractivity contribution in [2.45, 2.75) is 26.2 Å². The molecule has 2 N–H and O–H groups in total. The Labute approximate surface area is 133 Å². The summed E-state index contributed by atoms with van der Waals surface area (Å²) in [5, 5.41) is 6.42. The average molecular weight is 313 g/mol. The number of benzene rings is 1. The van der Waals surface area contributed by atoms with E-state index >= 15 is 0 Å². The van der Waals surface area contributed by atoms with E-state index in [9.17, 15) is 4.79 Å². The zero-order valence-corrected chi connectivity index (χ0v) is 13.6. The van der Waals surface area contributed by atoms with Crippen LogP contribution in [-0.2, 0) is 11.2 Å². The normalized spacial score (nSPS) is 16.7. The van der Waals surface area contributed by atoms with Crippen molar-refractivity contribution in [3.05, 3.63) is 29.8 Å². The van der Waals surface area contributed by atoms with Crippen LogP contribution in [0, 0.1) is 5.41 Å². The van der Waals surface area contributed by atoms with Crippen LogP contribution in [0.15, 0.2) is 24.3 Å². The topological polar surface area (TPSA) is 50.4 Å². The van der Waals surface area contributed by atoms with Gasteiger partial charge in [0.15, 0.2) is 0 Å². The van der Waals surface area contributed by atoms with E-state index in [0.717, 1.165) is 43.8 Å². The molecule has 1 fully saturated rings. The second kappa shape index (κ2) is 8.25. The molecule has 0 aromatic heterocycles. The van der Waals surface area contributed by atoms with Gasteiger partial charge >= 0.3 is 0 Å². The maximum absolute atomic E-state index is 12.0. The molecule has 1 amide bonds. The van der Waals surface area contributed by atoms with Gasteiger partial charge in [-0.3, -0.25) is 4.79 Å². The zero-order valence-electron chi connectivity index (χ0n) is 12.8. The summed E-state index contributed by atoms with van der Waals surface area (Å²) in [6.45, 7) is 5.10. The number of methoxy groups -OCH3 is 1. The summed E-state index contributed by atoms with van der Waals surface area (Å²) >= 11 is 0. The first-order chi connectivity index (χ1) is 9.61. The molecule has 1 aliphatic heterocycles. The van der Waals surface area contributed by atoms with Crippen LogP contribution in [0.5, 0.6) is 5.75 Å². The summed E-state index contributed by atoms with van der Waals surface area (Å²) in [4.78, 5) is 12.0. The highest BCUT2D eigenvalue weighted by atomic mass is 35.5. The van der Waals surface area contributed by atoms with E-state index in [1.165, 1.54) is 0 Å². The van der Waals surface area contributed by atoms with E-state index in [0.29, 0.717) is 6.42 Å². The summed E-state index contributed by atoms with van der Waals surface area (Å²) in [7, 11) is 1.64. The number of carbonyl (C=O) groups is 1. The van der Waals surface area contributed by atoms with Crippen molar-refractivity contribution in [1.82, 2.24) is 10.6 Å². The highest BCUT2D eigenvalue weighted by Crippen LogP contribution is 2.26. The van der Waals surface area contributed by atoms with Crippen molar-refractivity contribution >= 4 is 18.3 Å². The van der Waals surface area contributed by atoms with Crippen molar-refractivity contribution in [2.75, 3.05) is 26.7 Å². The number of hydrogen-bond donors (Lipinski definition) is 2. The van der Waals surface area contributed by atoms with Crippen molar-refractivity contribution in [1.29, 1.82) is 0 Å². The van der Waals surface area contributed by atoms with Crippen LogP contribution in [0.3, 0.4) is 0 Å². The van der Waals surface area contributed by atoms with E-state index in [1.807, 2.05) is 24.3 Å². The van der Waals surface area contributed by atoms with Gasteiger partial charge in [-0.25, -0.2) is 0 Å². The zero-order chi connectivity index (χ0) is 14.4. The molecule has 0 atom stereocenters. The van der Waals surface area contributed by atoms with Gasteiger partial charge in [0.1, 0.15) is 5.75 Å². The molecule has 0 radical (unpaired) electrons. The van der Waals surface area contributed by atoms with Gasteiger partial charge in [0.05, 0.1) is 13.5 Å². The molecule has 0 unspecified atom stereocenters. The predicted octanol–water partition coefficient (Wildman–Crippen LogP) is 2.17. The molecule has 1 aliphatic rings. The minimum atomic E-state index is 0. The summed E-state index contributed by atoms with van der Waals surface area (Å²) in [5.41, 5.74) is 1.22. The van der Waals surface area contributed by atoms with Gasteiger partial charge in [0.2, 0.25) is 5.91 Å². The van der Waals surface area contributed by atoms with Gasteiger partial charge in [-0.2, -0.15) is 0 Å². The molecule has 0 bridgehead atoms. The lowest BCUT2D eigenvalue weighted by Gasteiger charge is -2.34. The van der Waals surface area contributed by atoms with E-state index < -0.39 is 0 Å². The standard InChI is InChI=1S/C16H24N2O2.ClH/c1-16(6-8-17-9-7-16)12-18-15(19)11-13-4-3-5-14(10-13)20-2;/h3-5,10,17H,6-9,11-12H2,1-2H3,(H,18,19);1H. The average Bonchev–Trinajstić information content (AvgIpc) is 2.46. The molecule has 1 heterocycles. The number of halogens is 1. The van der Waals surface area contributed by atoms with Crippen molar-refractivity contribution in [3.63, 3.8) is 0 Å². The molecule has 0 spiro atoms. The predicted molar refractivity (Wildman–Crippen MR) is 87.2 cm³/mol. The lowest BCUT2D eigenvalue weighted by Crippen LogP contribution is -2.43. The highest BCUT2D eigenvalue weighted by Gasteiger charge is 2.26. The number of piperidine rings is 1.